The smallest absolute Gasteiger partial charge is 0.395 e. The molecule has 80 valence electrons. The topological polar surface area (TPSA) is 66.8 Å². The largest absolute Gasteiger partial charge is 0.479 e. The van der Waals surface area contributed by atoms with Gasteiger partial charge in [-0.25, -0.2) is 4.79 Å². The number of hydrogen-bond acceptors (Lipinski definition) is 3. The maximum Gasteiger partial charge on any atom is 0.395 e. The van der Waals surface area contributed by atoms with E-state index in [-0.39, 0.29) is 11.9 Å². The van der Waals surface area contributed by atoms with Crippen molar-refractivity contribution >= 4 is 11.9 Å². The van der Waals surface area contributed by atoms with E-state index in [1.54, 1.807) is 20.8 Å². The molecule has 0 atom stereocenters. The zero-order valence-corrected chi connectivity index (χ0v) is 8.61. The van der Waals surface area contributed by atoms with Crippen molar-refractivity contribution in [2.45, 2.75) is 26.8 Å². The Hall–Kier alpha value is -1.52. The Labute approximate surface area is 83.0 Å². The van der Waals surface area contributed by atoms with Crippen molar-refractivity contribution in [1.29, 1.82) is 0 Å². The molecule has 0 bridgehead atoms. The molecule has 0 saturated carbocycles. The lowest BCUT2D eigenvalue weighted by Crippen LogP contribution is -2.40. The first kappa shape index (κ1) is 12.5. The van der Waals surface area contributed by atoms with Crippen LogP contribution in [0.4, 0.5) is 0 Å². The number of carboxylic acids is 1. The number of carbonyl (C=O) groups excluding carboxylic acids is 1. The maximum absolute atomic E-state index is 11.2. The van der Waals surface area contributed by atoms with E-state index in [4.69, 9.17) is 9.84 Å². The molecule has 5 nitrogen and oxygen atoms in total. The molecule has 0 unspecified atom stereocenters. The number of nitrogens with zero attached hydrogens (tertiary/aromatic N) is 1. The number of rotatable bonds is 4. The Morgan fingerprint density at radius 1 is 1.50 bits per heavy atom. The number of amides is 1. The number of ether oxygens (including phenoxy) is 1. The van der Waals surface area contributed by atoms with Crippen LogP contribution >= 0.6 is 0 Å². The molecule has 5 heteroatoms. The van der Waals surface area contributed by atoms with Crippen molar-refractivity contribution in [1.82, 2.24) is 4.90 Å². The highest BCUT2D eigenvalue weighted by atomic mass is 16.5. The summed E-state index contributed by atoms with van der Waals surface area (Å²) in [4.78, 5) is 22.7. The van der Waals surface area contributed by atoms with Crippen LogP contribution in [0.15, 0.2) is 12.5 Å². The zero-order chi connectivity index (χ0) is 11.3. The molecule has 1 N–H and O–H groups in total. The second kappa shape index (κ2) is 5.26. The van der Waals surface area contributed by atoms with E-state index in [0.717, 1.165) is 4.90 Å². The maximum atomic E-state index is 11.2. The molecule has 0 rings (SSSR count). The molecule has 0 radical (unpaired) electrons. The lowest BCUT2D eigenvalue weighted by Gasteiger charge is -2.25. The minimum atomic E-state index is -1.51. The summed E-state index contributed by atoms with van der Waals surface area (Å²) in [5.74, 6) is -2.48. The number of carbonyl (C=O) groups is 2. The summed E-state index contributed by atoms with van der Waals surface area (Å²) in [7, 11) is 0. The van der Waals surface area contributed by atoms with Crippen molar-refractivity contribution in [2.75, 3.05) is 6.61 Å². The van der Waals surface area contributed by atoms with Gasteiger partial charge in [-0.2, -0.15) is 0 Å². The van der Waals surface area contributed by atoms with Crippen LogP contribution in [0, 0.1) is 0 Å². The molecule has 0 spiro atoms. The summed E-state index contributed by atoms with van der Waals surface area (Å²) in [5, 5.41) is 8.53. The summed E-state index contributed by atoms with van der Waals surface area (Å²) in [6, 6.07) is -0.294. The predicted molar refractivity (Wildman–Crippen MR) is 50.4 cm³/mol. The molecule has 0 saturated heterocycles. The van der Waals surface area contributed by atoms with Crippen LogP contribution in [0.1, 0.15) is 20.8 Å². The highest BCUT2D eigenvalue weighted by molar-refractivity contribution is 6.31. The molecular formula is C9H15NO4. The average molecular weight is 201 g/mol. The Kier molecular flexibility index (Phi) is 4.69. The first-order valence-electron chi connectivity index (χ1n) is 4.30. The van der Waals surface area contributed by atoms with Crippen molar-refractivity contribution < 1.29 is 19.4 Å². The van der Waals surface area contributed by atoms with Gasteiger partial charge in [-0.3, -0.25) is 9.69 Å². The lowest BCUT2D eigenvalue weighted by atomic mass is 10.3. The van der Waals surface area contributed by atoms with Crippen LogP contribution in [0.25, 0.3) is 0 Å². The molecular weight excluding hydrogens is 186 g/mol. The van der Waals surface area contributed by atoms with E-state index in [0.29, 0.717) is 6.61 Å². The number of aliphatic carboxylic acids is 1. The fourth-order valence-electron chi connectivity index (χ4n) is 0.975. The molecule has 0 aliphatic heterocycles. The van der Waals surface area contributed by atoms with Gasteiger partial charge in [0.05, 0.1) is 6.61 Å². The van der Waals surface area contributed by atoms with Gasteiger partial charge < -0.3 is 9.84 Å². The first-order chi connectivity index (χ1) is 6.41. The molecule has 1 amide bonds. The summed E-state index contributed by atoms with van der Waals surface area (Å²) < 4.78 is 4.98. The minimum absolute atomic E-state index is 0.0647. The van der Waals surface area contributed by atoms with Crippen molar-refractivity contribution in [3.8, 4) is 0 Å². The van der Waals surface area contributed by atoms with E-state index in [2.05, 4.69) is 6.58 Å². The normalized spacial score (nSPS) is 9.71. The predicted octanol–water partition coefficient (Wildman–Crippen LogP) is 0.816. The number of hydrogen-bond donors (Lipinski definition) is 1. The number of carboxylic acid groups (broad SMARTS) is 1. The van der Waals surface area contributed by atoms with Gasteiger partial charge in [0.25, 0.3) is 0 Å². The van der Waals surface area contributed by atoms with Gasteiger partial charge in [0.2, 0.25) is 0 Å². The van der Waals surface area contributed by atoms with Crippen LogP contribution in [0.2, 0.25) is 0 Å². The Balaban J connectivity index is 4.68. The fraction of sp³-hybridized carbons (Fsp3) is 0.556. The van der Waals surface area contributed by atoms with Crippen LogP contribution in [-0.4, -0.2) is 34.5 Å². The van der Waals surface area contributed by atoms with Gasteiger partial charge in [0.1, 0.15) is 0 Å². The van der Waals surface area contributed by atoms with Gasteiger partial charge in [-0.15, -0.1) is 0 Å². The van der Waals surface area contributed by atoms with E-state index < -0.39 is 11.9 Å². The average Bonchev–Trinajstić information content (AvgIpc) is 2.03. The van der Waals surface area contributed by atoms with Crippen LogP contribution in [0.3, 0.4) is 0 Å². The van der Waals surface area contributed by atoms with Gasteiger partial charge in [0.15, 0.2) is 5.88 Å². The Bertz CT molecular complexity index is 247. The molecule has 0 aliphatic carbocycles. The molecule has 0 aromatic carbocycles. The summed E-state index contributed by atoms with van der Waals surface area (Å²) in [6.07, 6.45) is 0. The fourth-order valence-corrected chi connectivity index (χ4v) is 0.975. The highest BCUT2D eigenvalue weighted by Crippen LogP contribution is 2.09. The van der Waals surface area contributed by atoms with Crippen LogP contribution in [0.5, 0.6) is 0 Å². The van der Waals surface area contributed by atoms with Crippen LogP contribution < -0.4 is 0 Å². The van der Waals surface area contributed by atoms with E-state index >= 15 is 0 Å². The quantitative estimate of drug-likeness (QED) is 0.540. The van der Waals surface area contributed by atoms with Gasteiger partial charge in [-0.1, -0.05) is 0 Å². The molecule has 14 heavy (non-hydrogen) atoms. The summed E-state index contributed by atoms with van der Waals surface area (Å²) >= 11 is 0. The third-order valence-electron chi connectivity index (χ3n) is 1.50. The Morgan fingerprint density at radius 3 is 2.29 bits per heavy atom. The second-order valence-corrected chi connectivity index (χ2v) is 2.90. The molecule has 0 fully saturated rings. The monoisotopic (exact) mass is 201 g/mol. The van der Waals surface area contributed by atoms with Crippen LogP contribution in [-0.2, 0) is 14.3 Å². The highest BCUT2D eigenvalue weighted by Gasteiger charge is 2.26. The summed E-state index contributed by atoms with van der Waals surface area (Å²) in [6.45, 7) is 8.93. The third-order valence-corrected chi connectivity index (χ3v) is 1.50. The summed E-state index contributed by atoms with van der Waals surface area (Å²) in [5.41, 5.74) is 0. The van der Waals surface area contributed by atoms with Gasteiger partial charge in [0, 0.05) is 6.04 Å². The van der Waals surface area contributed by atoms with Gasteiger partial charge in [-0.05, 0) is 27.4 Å². The Morgan fingerprint density at radius 2 is 2.00 bits per heavy atom. The van der Waals surface area contributed by atoms with Crippen molar-refractivity contribution in [2.24, 2.45) is 0 Å². The minimum Gasteiger partial charge on any atom is -0.479 e. The SMILES string of the molecule is C=C(OCC)N(C(=O)C(=O)O)C(C)C. The lowest BCUT2D eigenvalue weighted by molar-refractivity contribution is -0.157. The molecule has 0 aliphatic rings. The van der Waals surface area contributed by atoms with E-state index in [9.17, 15) is 9.59 Å². The van der Waals surface area contributed by atoms with Gasteiger partial charge >= 0.3 is 11.9 Å². The van der Waals surface area contributed by atoms with Crippen molar-refractivity contribution in [3.05, 3.63) is 12.5 Å². The third kappa shape index (κ3) is 3.08. The molecule has 0 aromatic heterocycles. The molecule has 0 heterocycles. The second-order valence-electron chi connectivity index (χ2n) is 2.90. The molecule has 0 aromatic rings. The first-order valence-corrected chi connectivity index (χ1v) is 4.30. The zero-order valence-electron chi connectivity index (χ0n) is 8.61. The van der Waals surface area contributed by atoms with E-state index in [1.165, 1.54) is 0 Å². The van der Waals surface area contributed by atoms with E-state index in [1.807, 2.05) is 0 Å². The standard InChI is InChI=1S/C9H15NO4/c1-5-14-7(4)10(6(2)3)8(11)9(12)13/h6H,4-5H2,1-3H3,(H,12,13). The van der Waals surface area contributed by atoms with Crippen molar-refractivity contribution in [3.63, 3.8) is 0 Å².